The largest absolute Gasteiger partial charge is 0.487 e. The number of benzene rings is 4. The van der Waals surface area contributed by atoms with Crippen molar-refractivity contribution in [2.75, 3.05) is 54.5 Å². The van der Waals surface area contributed by atoms with E-state index in [-0.39, 0.29) is 40.3 Å². The maximum atomic E-state index is 14.8. The van der Waals surface area contributed by atoms with Crippen LogP contribution in [-0.2, 0) is 14.8 Å². The van der Waals surface area contributed by atoms with Crippen molar-refractivity contribution >= 4 is 55.4 Å². The van der Waals surface area contributed by atoms with Gasteiger partial charge in [0.05, 0.1) is 39.3 Å². The molecule has 0 unspecified atom stereocenters. The fourth-order valence-electron chi connectivity index (χ4n) is 14.1. The molecule has 0 bridgehead atoms. The summed E-state index contributed by atoms with van der Waals surface area (Å²) in [5.41, 5.74) is 5.74. The molecule has 2 saturated carbocycles. The lowest BCUT2D eigenvalue weighted by molar-refractivity contribution is -0.384. The zero-order valence-corrected chi connectivity index (χ0v) is 48.0. The summed E-state index contributed by atoms with van der Waals surface area (Å²) in [6.45, 7) is 14.6. The van der Waals surface area contributed by atoms with Gasteiger partial charge in [0.25, 0.3) is 21.6 Å². The Balaban J connectivity index is 0.805. The SMILES string of the molecule is Cc1ccc(O[C@]2(C)CCN(C3CC4(CCN(c5ccc(C(=O)NS(=O)(=O)c6ccc(NCC7CCC(C)(O)CC7)c([N+](=O)[O-])c6)c(N6c7cc8cc[nH]c8nc7O[C@H]7COCC[C@@H]76)c5)CC4)C3)[C@H](c3ccccc3C(C)C)C2)cc1. The van der Waals surface area contributed by atoms with E-state index in [0.29, 0.717) is 73.9 Å². The molecule has 4 N–H and O–H groups in total. The normalized spacial score (nSPS) is 25.9. The van der Waals surface area contributed by atoms with Crippen molar-refractivity contribution in [3.63, 3.8) is 0 Å². The van der Waals surface area contributed by atoms with E-state index in [4.69, 9.17) is 19.2 Å². The minimum absolute atomic E-state index is 0.111. The first-order chi connectivity index (χ1) is 38.8. The second kappa shape index (κ2) is 21.5. The molecule has 1 amide bonds. The number of carbonyl (C=O) groups is 1. The highest BCUT2D eigenvalue weighted by molar-refractivity contribution is 7.90. The molecule has 4 atom stereocenters. The van der Waals surface area contributed by atoms with Gasteiger partial charge in [0, 0.05) is 74.6 Å². The summed E-state index contributed by atoms with van der Waals surface area (Å²) in [6.07, 6.45) is 10.8. The van der Waals surface area contributed by atoms with Crippen LogP contribution in [0.5, 0.6) is 11.6 Å². The molecule has 3 saturated heterocycles. The Morgan fingerprint density at radius 2 is 1.68 bits per heavy atom. The summed E-state index contributed by atoms with van der Waals surface area (Å²) in [6, 6.07) is 31.0. The van der Waals surface area contributed by atoms with E-state index in [1.54, 1.807) is 6.07 Å². The summed E-state index contributed by atoms with van der Waals surface area (Å²) in [7, 11) is -4.64. The van der Waals surface area contributed by atoms with Crippen molar-refractivity contribution in [3.8, 4) is 11.6 Å². The van der Waals surface area contributed by atoms with Crippen LogP contribution >= 0.6 is 0 Å². The third-order valence-corrected chi connectivity index (χ3v) is 20.2. The van der Waals surface area contributed by atoms with Crippen molar-refractivity contribution in [3.05, 3.63) is 136 Å². The van der Waals surface area contributed by atoms with E-state index in [2.05, 4.69) is 106 Å². The molecule has 0 radical (unpaired) electrons. The quantitative estimate of drug-likeness (QED) is 0.0592. The molecular formula is C63H76N8O9S. The number of hydrogen-bond acceptors (Lipinski definition) is 14. The van der Waals surface area contributed by atoms with Gasteiger partial charge in [0.2, 0.25) is 5.88 Å². The van der Waals surface area contributed by atoms with Crippen molar-refractivity contribution in [1.29, 1.82) is 0 Å². The van der Waals surface area contributed by atoms with Crippen molar-refractivity contribution < 1.29 is 37.5 Å². The smallest absolute Gasteiger partial charge is 0.293 e. The van der Waals surface area contributed by atoms with E-state index in [0.717, 1.165) is 93.9 Å². The number of aromatic nitrogens is 2. The molecular weight excluding hydrogens is 1040 g/mol. The Morgan fingerprint density at radius 1 is 0.914 bits per heavy atom. The van der Waals surface area contributed by atoms with Crippen molar-refractivity contribution in [2.45, 2.75) is 151 Å². The summed E-state index contributed by atoms with van der Waals surface area (Å²) in [5.74, 6) is 0.984. The summed E-state index contributed by atoms with van der Waals surface area (Å²) < 4.78 is 50.2. The minimum Gasteiger partial charge on any atom is -0.487 e. The molecule has 2 aromatic heterocycles. The second-order valence-corrected chi connectivity index (χ2v) is 26.7. The monoisotopic (exact) mass is 1120 g/mol. The second-order valence-electron chi connectivity index (χ2n) is 25.0. The number of nitrogens with zero attached hydrogens (tertiary/aromatic N) is 5. The number of likely N-dealkylation sites (tertiary alicyclic amines) is 1. The highest BCUT2D eigenvalue weighted by atomic mass is 32.2. The van der Waals surface area contributed by atoms with Gasteiger partial charge in [-0.2, -0.15) is 4.98 Å². The summed E-state index contributed by atoms with van der Waals surface area (Å²) in [5, 5.41) is 26.9. The Kier molecular flexibility index (Phi) is 14.6. The van der Waals surface area contributed by atoms with Gasteiger partial charge in [-0.1, -0.05) is 55.8 Å². The molecule has 6 aliphatic rings. The Bertz CT molecular complexity index is 3430. The standard InChI is InChI=1S/C63H76N8O9S/c1-40(2)48-8-6-7-9-49(48)56-37-62(5,80-46-13-10-41(3)11-14-46)24-30-69(56)45-35-63(36-45)25-28-68(29-26-63)44-12-16-50(53(33-44)70-52-21-31-78-39-57(52)79-60-55(70)32-43-20-27-64-58(43)66-60)59(72)67-81(76,77)47-15-17-51(54(34-47)71(74)75)65-38-42-18-22-61(4,73)23-19-42/h6-17,20,27,32-34,40,42,45,52,56-57,65,73H,18-19,21-26,28-31,35-39H2,1-5H3,(H,64,66)(H,67,72)/t42?,52-,56-,57-,61?,62+/m0/s1. The molecule has 6 aromatic rings. The number of amides is 1. The summed E-state index contributed by atoms with van der Waals surface area (Å²) in [4.78, 5) is 41.6. The van der Waals surface area contributed by atoms with Crippen LogP contribution in [0, 0.1) is 28.4 Å². The van der Waals surface area contributed by atoms with Gasteiger partial charge in [0.15, 0.2) is 0 Å². The van der Waals surface area contributed by atoms with Gasteiger partial charge in [-0.15, -0.1) is 0 Å². The average molecular weight is 1120 g/mol. The van der Waals surface area contributed by atoms with E-state index in [9.17, 15) is 28.4 Å². The molecule has 428 valence electrons. The lowest BCUT2D eigenvalue weighted by Crippen LogP contribution is -2.59. The number of aryl methyl sites for hydroxylation is 1. The van der Waals surface area contributed by atoms with Crippen LogP contribution < -0.4 is 29.3 Å². The number of hydrogen-bond donors (Lipinski definition) is 4. The number of pyridine rings is 1. The lowest BCUT2D eigenvalue weighted by Gasteiger charge is -2.59. The number of aromatic amines is 1. The van der Waals surface area contributed by atoms with Gasteiger partial charge in [0.1, 0.15) is 34.5 Å². The number of rotatable bonds is 14. The van der Waals surface area contributed by atoms with E-state index < -0.39 is 43.1 Å². The predicted octanol–water partition coefficient (Wildman–Crippen LogP) is 11.5. The molecule has 2 aliphatic carbocycles. The van der Waals surface area contributed by atoms with Crippen LogP contribution in [0.4, 0.5) is 28.4 Å². The van der Waals surface area contributed by atoms with Crippen molar-refractivity contribution in [2.24, 2.45) is 11.3 Å². The molecule has 1 spiro atoms. The number of nitrogens with one attached hydrogen (secondary N) is 3. The molecule has 4 aliphatic heterocycles. The Labute approximate surface area is 475 Å². The van der Waals surface area contributed by atoms with Gasteiger partial charge in [-0.05, 0) is 168 Å². The van der Waals surface area contributed by atoms with Gasteiger partial charge < -0.3 is 39.4 Å². The number of sulfonamides is 1. The maximum absolute atomic E-state index is 14.8. The molecule has 17 nitrogen and oxygen atoms in total. The van der Waals surface area contributed by atoms with Gasteiger partial charge in [-0.3, -0.25) is 19.8 Å². The molecule has 12 rings (SSSR count). The van der Waals surface area contributed by atoms with Crippen molar-refractivity contribution in [1.82, 2.24) is 19.6 Å². The number of H-pyrrole nitrogens is 1. The number of piperidine rings is 2. The first kappa shape index (κ1) is 54.8. The van der Waals surface area contributed by atoms with E-state index in [1.165, 1.54) is 28.8 Å². The molecule has 18 heteroatoms. The average Bonchev–Trinajstić information content (AvgIpc) is 4.05. The number of nitro benzene ring substituents is 1. The van der Waals surface area contributed by atoms with Crippen LogP contribution in [0.2, 0.25) is 0 Å². The Hall–Kier alpha value is -6.73. The number of anilines is 4. The number of nitro groups is 1. The fourth-order valence-corrected chi connectivity index (χ4v) is 15.0. The highest BCUT2D eigenvalue weighted by Crippen LogP contribution is 2.55. The predicted molar refractivity (Wildman–Crippen MR) is 313 cm³/mol. The van der Waals surface area contributed by atoms with E-state index >= 15 is 0 Å². The Morgan fingerprint density at radius 3 is 2.43 bits per heavy atom. The van der Waals surface area contributed by atoms with Crippen LogP contribution in [0.1, 0.15) is 137 Å². The molecule has 81 heavy (non-hydrogen) atoms. The third kappa shape index (κ3) is 11.1. The molecule has 4 aromatic carbocycles. The number of carbonyl (C=O) groups excluding carboxylic acids is 1. The number of fused-ring (bicyclic) bond motifs is 3. The number of ether oxygens (including phenoxy) is 3. The van der Waals surface area contributed by atoms with Crippen LogP contribution in [0.15, 0.2) is 108 Å². The summed E-state index contributed by atoms with van der Waals surface area (Å²) >= 11 is 0. The minimum atomic E-state index is -4.64. The first-order valence-corrected chi connectivity index (χ1v) is 30.6. The lowest BCUT2D eigenvalue weighted by atomic mass is 9.59. The third-order valence-electron chi connectivity index (χ3n) is 18.8. The van der Waals surface area contributed by atoms with Crippen LogP contribution in [0.3, 0.4) is 0 Å². The maximum Gasteiger partial charge on any atom is 0.293 e. The van der Waals surface area contributed by atoms with E-state index in [1.807, 2.05) is 37.4 Å². The first-order valence-electron chi connectivity index (χ1n) is 29.2. The van der Waals surface area contributed by atoms with Gasteiger partial charge in [-0.25, -0.2) is 13.1 Å². The zero-order chi connectivity index (χ0) is 56.4. The van der Waals surface area contributed by atoms with Crippen LogP contribution in [-0.4, -0.2) is 108 Å². The fraction of sp³-hybridized carbons (Fsp3) is 0.492. The molecule has 6 heterocycles. The zero-order valence-electron chi connectivity index (χ0n) is 47.2. The number of aliphatic hydroxyl groups is 1. The van der Waals surface area contributed by atoms with Gasteiger partial charge >= 0.3 is 0 Å². The van der Waals surface area contributed by atoms with Crippen LogP contribution in [0.25, 0.3) is 11.0 Å². The highest BCUT2D eigenvalue weighted by Gasteiger charge is 2.52. The topological polar surface area (TPSA) is 205 Å². The molecule has 5 fully saturated rings.